The van der Waals surface area contributed by atoms with Crippen LogP contribution in [0.5, 0.6) is 0 Å². The summed E-state index contributed by atoms with van der Waals surface area (Å²) in [6.07, 6.45) is 35.6. The monoisotopic (exact) mass is 538 g/mol. The lowest BCUT2D eigenvalue weighted by Gasteiger charge is -2.55. The number of fused-ring (bicyclic) bond motifs is 2. The Hall–Kier alpha value is -1.57. The maximum atomic E-state index is 3.07. The highest BCUT2D eigenvalue weighted by atomic mass is 15.0. The summed E-state index contributed by atoms with van der Waals surface area (Å²) >= 11 is 0. The molecule has 216 valence electrons. The SMILES string of the molecule is c1cc[n+]2c(c1)C[B-](C1CCCCC1)(C1CCCCC1)[n+]1ccccc1C[B-]2(C1CCCCC1)C1CCCCC1. The number of aromatic nitrogens is 2. The number of hydrogen-bond donors (Lipinski definition) is 0. The van der Waals surface area contributed by atoms with Crippen molar-refractivity contribution in [2.24, 2.45) is 0 Å². The average molecular weight is 538 g/mol. The molecule has 2 aromatic rings. The van der Waals surface area contributed by atoms with Crippen LogP contribution in [0.1, 0.15) is 140 Å². The van der Waals surface area contributed by atoms with E-state index in [0.29, 0.717) is 0 Å². The Kier molecular flexibility index (Phi) is 8.16. The molecule has 0 aromatic carbocycles. The highest BCUT2D eigenvalue weighted by molar-refractivity contribution is 6.76. The summed E-state index contributed by atoms with van der Waals surface area (Å²) < 4.78 is 6.15. The van der Waals surface area contributed by atoms with Gasteiger partial charge in [-0.25, -0.2) is 0 Å². The number of pyridine rings is 2. The highest BCUT2D eigenvalue weighted by Crippen LogP contribution is 2.51. The van der Waals surface area contributed by atoms with E-state index in [1.165, 1.54) is 141 Å². The molecule has 3 heterocycles. The van der Waals surface area contributed by atoms with Crippen molar-refractivity contribution in [2.45, 2.75) is 164 Å². The van der Waals surface area contributed by atoms with Crippen LogP contribution in [0, 0.1) is 0 Å². The van der Waals surface area contributed by atoms with Crippen molar-refractivity contribution in [1.29, 1.82) is 0 Å². The van der Waals surface area contributed by atoms with E-state index >= 15 is 0 Å². The smallest absolute Gasteiger partial charge is 0.293 e. The fourth-order valence-electron chi connectivity index (χ4n) is 12.3. The zero-order valence-corrected chi connectivity index (χ0v) is 25.5. The Balaban J connectivity index is 1.46. The van der Waals surface area contributed by atoms with Crippen molar-refractivity contribution in [3.63, 3.8) is 0 Å². The van der Waals surface area contributed by atoms with Crippen molar-refractivity contribution in [1.82, 2.24) is 0 Å². The van der Waals surface area contributed by atoms with Gasteiger partial charge in [-0.15, -0.1) is 0 Å². The van der Waals surface area contributed by atoms with E-state index in [4.69, 9.17) is 0 Å². The van der Waals surface area contributed by atoms with E-state index in [0.717, 1.165) is 23.3 Å². The summed E-state index contributed by atoms with van der Waals surface area (Å²) in [5.41, 5.74) is 3.47. The molecule has 0 radical (unpaired) electrons. The van der Waals surface area contributed by atoms with E-state index in [9.17, 15) is 0 Å². The molecule has 0 spiro atoms. The van der Waals surface area contributed by atoms with E-state index in [1.54, 1.807) is 11.4 Å². The van der Waals surface area contributed by atoms with Gasteiger partial charge < -0.3 is 8.96 Å². The first-order valence-corrected chi connectivity index (χ1v) is 18.2. The Morgan fingerprint density at radius 1 is 0.400 bits per heavy atom. The molecule has 4 fully saturated rings. The Morgan fingerprint density at radius 3 is 1.00 bits per heavy atom. The summed E-state index contributed by atoms with van der Waals surface area (Å²) in [6.45, 7) is 0. The maximum absolute atomic E-state index is 3.07. The summed E-state index contributed by atoms with van der Waals surface area (Å²) in [7, 11) is 0. The molecule has 0 saturated heterocycles. The lowest BCUT2D eigenvalue weighted by Crippen LogP contribution is -2.80. The first-order valence-electron chi connectivity index (χ1n) is 18.2. The lowest BCUT2D eigenvalue weighted by molar-refractivity contribution is -0.585. The molecule has 0 atom stereocenters. The summed E-state index contributed by atoms with van der Waals surface area (Å²) in [5.74, 6) is 3.50. The van der Waals surface area contributed by atoms with Gasteiger partial charge in [-0.05, 0) is 36.9 Å². The van der Waals surface area contributed by atoms with Gasteiger partial charge >= 0.3 is 0 Å². The zero-order chi connectivity index (χ0) is 26.8. The molecule has 2 aromatic heterocycles. The van der Waals surface area contributed by atoms with E-state index in [2.05, 4.69) is 57.7 Å². The van der Waals surface area contributed by atoms with Gasteiger partial charge in [-0.1, -0.05) is 164 Å². The molecule has 40 heavy (non-hydrogen) atoms. The third-order valence-corrected chi connectivity index (χ3v) is 13.9. The standard InChI is InChI=1S/C36H56B2N2/c1-5-17-31(18-6-1)37(32-19-7-2-8-20-32)29-35-25-14-16-28-40(35)38(33-21-9-3-10-22-33,34-23-11-4-12-24-34)30-36-26-13-15-27-39(36)37/h13-16,25-28,31-34H,1-12,17-24,29-30H2. The Morgan fingerprint density at radius 2 is 0.700 bits per heavy atom. The predicted molar refractivity (Wildman–Crippen MR) is 170 cm³/mol. The van der Waals surface area contributed by atoms with E-state index in [1.807, 2.05) is 0 Å². The molecular formula is C36H56B2N2. The van der Waals surface area contributed by atoms with Gasteiger partial charge in [0.2, 0.25) is 0 Å². The third-order valence-electron chi connectivity index (χ3n) is 13.9. The van der Waals surface area contributed by atoms with Gasteiger partial charge in [0, 0.05) is 0 Å². The second-order valence-electron chi connectivity index (χ2n) is 15.5. The van der Waals surface area contributed by atoms with Gasteiger partial charge in [-0.3, -0.25) is 0 Å². The van der Waals surface area contributed by atoms with Crippen LogP contribution in [-0.2, 0) is 12.6 Å². The van der Waals surface area contributed by atoms with Crippen molar-refractivity contribution in [2.75, 3.05) is 0 Å². The molecule has 1 aliphatic heterocycles. The fraction of sp³-hybridized carbons (Fsp3) is 0.722. The Bertz CT molecular complexity index is 998. The maximum Gasteiger partial charge on any atom is 0.293 e. The van der Waals surface area contributed by atoms with Crippen molar-refractivity contribution < 1.29 is 8.96 Å². The summed E-state index contributed by atoms with van der Waals surface area (Å²) in [5, 5.41) is 0. The number of hydrogen-bond acceptors (Lipinski definition) is 0. The molecule has 2 nitrogen and oxygen atoms in total. The molecule has 7 rings (SSSR count). The zero-order valence-electron chi connectivity index (χ0n) is 25.5. The van der Waals surface area contributed by atoms with Crippen LogP contribution in [-0.4, -0.2) is 12.6 Å². The first-order chi connectivity index (χ1) is 19.8. The lowest BCUT2D eigenvalue weighted by atomic mass is 9.14. The molecule has 4 heteroatoms. The highest BCUT2D eigenvalue weighted by Gasteiger charge is 2.58. The van der Waals surface area contributed by atoms with Crippen LogP contribution in [0.4, 0.5) is 0 Å². The number of rotatable bonds is 4. The molecule has 0 N–H and O–H groups in total. The molecule has 4 aliphatic carbocycles. The van der Waals surface area contributed by atoms with Gasteiger partial charge in [0.15, 0.2) is 0 Å². The molecule has 5 aliphatic rings. The molecule has 0 unspecified atom stereocenters. The van der Waals surface area contributed by atoms with Crippen LogP contribution in [0.25, 0.3) is 0 Å². The van der Waals surface area contributed by atoms with Crippen LogP contribution < -0.4 is 8.96 Å². The Labute approximate surface area is 245 Å². The average Bonchev–Trinajstić information content (AvgIpc) is 3.04. The second-order valence-corrected chi connectivity index (χ2v) is 15.5. The minimum Gasteiger partial charge on any atom is -0.426 e. The van der Waals surface area contributed by atoms with Crippen LogP contribution in [0.2, 0.25) is 23.3 Å². The topological polar surface area (TPSA) is 7.76 Å². The van der Waals surface area contributed by atoms with Crippen molar-refractivity contribution >= 4 is 12.6 Å². The summed E-state index contributed by atoms with van der Waals surface area (Å²) in [6, 6.07) is 14.9. The molecule has 0 amide bonds. The van der Waals surface area contributed by atoms with Gasteiger partial charge in [0.05, 0.1) is 11.4 Å². The second kappa shape index (κ2) is 12.0. The third kappa shape index (κ3) is 4.72. The van der Waals surface area contributed by atoms with Crippen LogP contribution in [0.15, 0.2) is 48.8 Å². The first kappa shape index (κ1) is 27.3. The number of nitrogens with zero attached hydrogens (tertiary/aromatic N) is 2. The van der Waals surface area contributed by atoms with Crippen molar-refractivity contribution in [3.05, 3.63) is 60.2 Å². The molecule has 0 bridgehead atoms. The van der Waals surface area contributed by atoms with Crippen LogP contribution in [0.3, 0.4) is 0 Å². The van der Waals surface area contributed by atoms with Gasteiger partial charge in [0.1, 0.15) is 12.4 Å². The van der Waals surface area contributed by atoms with Crippen LogP contribution >= 0.6 is 0 Å². The summed E-state index contributed by atoms with van der Waals surface area (Å²) in [4.78, 5) is 0. The molecule has 4 saturated carbocycles. The van der Waals surface area contributed by atoms with Crippen molar-refractivity contribution in [3.8, 4) is 0 Å². The largest absolute Gasteiger partial charge is 0.426 e. The van der Waals surface area contributed by atoms with Gasteiger partial charge in [-0.2, -0.15) is 0 Å². The minimum absolute atomic E-state index is 0.720. The minimum atomic E-state index is -0.720. The fourth-order valence-corrected chi connectivity index (χ4v) is 12.3. The predicted octanol–water partition coefficient (Wildman–Crippen LogP) is 9.06. The normalized spacial score (nSPS) is 26.8. The quantitative estimate of drug-likeness (QED) is 0.343. The van der Waals surface area contributed by atoms with E-state index in [-0.39, 0.29) is 0 Å². The molecular weight excluding hydrogens is 482 g/mol. The van der Waals surface area contributed by atoms with E-state index < -0.39 is 12.6 Å². The van der Waals surface area contributed by atoms with Gasteiger partial charge in [0.25, 0.3) is 12.6 Å².